The lowest BCUT2D eigenvalue weighted by atomic mass is 9.48. The summed E-state index contributed by atoms with van der Waals surface area (Å²) in [4.78, 5) is 26.6. The highest BCUT2D eigenvalue weighted by Gasteiger charge is 2.61. The van der Waals surface area contributed by atoms with Gasteiger partial charge >= 0.3 is 42.8 Å². The summed E-state index contributed by atoms with van der Waals surface area (Å²) >= 11 is 0. The van der Waals surface area contributed by atoms with Gasteiger partial charge < -0.3 is 38.3 Å². The lowest BCUT2D eigenvalue weighted by molar-refractivity contribution is -0.199. The number of carbonyl (C=O) groups excluding carboxylic acids is 2. The van der Waals surface area contributed by atoms with Crippen molar-refractivity contribution in [3.63, 3.8) is 0 Å². The van der Waals surface area contributed by atoms with Crippen molar-refractivity contribution in [2.45, 2.75) is 81.7 Å². The van der Waals surface area contributed by atoms with Crippen molar-refractivity contribution in [2.24, 2.45) is 17.3 Å². The summed E-state index contributed by atoms with van der Waals surface area (Å²) in [5.41, 5.74) is -7.23. The molecule has 9 rings (SSSR count). The molecule has 0 saturated heterocycles. The van der Waals surface area contributed by atoms with E-state index in [0.29, 0.717) is 74.7 Å². The average molecular weight is 1050 g/mol. The number of hydrogen-bond donors (Lipinski definition) is 1. The summed E-state index contributed by atoms with van der Waals surface area (Å²) in [6, 6.07) is 10.2. The van der Waals surface area contributed by atoms with Crippen LogP contribution >= 0.6 is 0 Å². The van der Waals surface area contributed by atoms with E-state index in [0.717, 1.165) is 48.5 Å². The van der Waals surface area contributed by atoms with Gasteiger partial charge in [0.25, 0.3) is 0 Å². The molecule has 1 N–H and O–H groups in total. The van der Waals surface area contributed by atoms with Crippen LogP contribution in [0.1, 0.15) is 67.7 Å². The Morgan fingerprint density at radius 3 is 1.15 bits per heavy atom. The lowest BCUT2D eigenvalue weighted by Crippen LogP contribution is -2.59. The Kier molecular flexibility index (Phi) is 13.4. The van der Waals surface area contributed by atoms with Crippen LogP contribution in [0.5, 0.6) is 57.5 Å². The summed E-state index contributed by atoms with van der Waals surface area (Å²) in [5.74, 6) is -15.0. The van der Waals surface area contributed by atoms with Crippen LogP contribution in [0.3, 0.4) is 0 Å². The molecular weight excluding hydrogens is 1010 g/mol. The van der Waals surface area contributed by atoms with Crippen LogP contribution in [0.15, 0.2) is 97.1 Å². The molecule has 0 heterocycles. The third kappa shape index (κ3) is 11.7. The molecular formula is C49H36F14O10. The Morgan fingerprint density at radius 2 is 0.836 bits per heavy atom. The zero-order chi connectivity index (χ0) is 53.1. The van der Waals surface area contributed by atoms with E-state index < -0.39 is 140 Å². The van der Waals surface area contributed by atoms with E-state index in [1.807, 2.05) is 0 Å². The first-order valence-electron chi connectivity index (χ1n) is 21.7. The van der Waals surface area contributed by atoms with E-state index in [1.165, 1.54) is 0 Å². The second-order valence-electron chi connectivity index (χ2n) is 18.1. The van der Waals surface area contributed by atoms with Crippen LogP contribution in [0.2, 0.25) is 0 Å². The molecule has 0 radical (unpaired) electrons. The third-order valence-electron chi connectivity index (χ3n) is 12.3. The number of rotatable bonds is 13. The number of carbonyl (C=O) groups is 2. The average Bonchev–Trinajstić information content (AvgIpc) is 3.28. The summed E-state index contributed by atoms with van der Waals surface area (Å²) in [6.07, 6.45) is -19.6. The number of alkyl halides is 14. The number of phenols is 1. The van der Waals surface area contributed by atoms with Crippen molar-refractivity contribution < 1.29 is 109 Å². The Balaban J connectivity index is 1.30. The summed E-state index contributed by atoms with van der Waals surface area (Å²) < 4.78 is 232. The van der Waals surface area contributed by atoms with Crippen LogP contribution < -0.4 is 23.7 Å². The molecule has 0 spiro atoms. The van der Waals surface area contributed by atoms with Gasteiger partial charge in [-0.25, -0.2) is 9.59 Å². The highest BCUT2D eigenvalue weighted by atomic mass is 19.4. The van der Waals surface area contributed by atoms with Crippen molar-refractivity contribution in [3.8, 4) is 57.5 Å². The fraction of sp³-hybridized carbons (Fsp3) is 0.347. The van der Waals surface area contributed by atoms with Crippen molar-refractivity contribution in [1.82, 2.24) is 0 Å². The first-order chi connectivity index (χ1) is 33.9. The first kappa shape index (κ1) is 52.2. The van der Waals surface area contributed by atoms with Gasteiger partial charge in [-0.1, -0.05) is 0 Å². The Labute approximate surface area is 403 Å². The smallest absolute Gasteiger partial charge is 0.501 e. The van der Waals surface area contributed by atoms with Crippen LogP contribution in [0, 0.1) is 17.3 Å². The minimum Gasteiger partial charge on any atom is -0.501 e. The molecule has 10 nitrogen and oxygen atoms in total. The summed E-state index contributed by atoms with van der Waals surface area (Å²) in [5, 5.41) is 12.1. The van der Waals surface area contributed by atoms with Gasteiger partial charge in [0.2, 0.25) is 34.5 Å². The van der Waals surface area contributed by atoms with E-state index in [4.69, 9.17) is 33.2 Å². The topological polar surface area (TPSA) is 119 Å². The Morgan fingerprint density at radius 1 is 0.507 bits per heavy atom. The van der Waals surface area contributed by atoms with Crippen LogP contribution in [-0.2, 0) is 39.0 Å². The number of ether oxygens (including phenoxy) is 7. The number of benzene rings is 5. The molecule has 2 unspecified atom stereocenters. The van der Waals surface area contributed by atoms with Crippen molar-refractivity contribution in [2.75, 3.05) is 6.61 Å². The molecule has 0 aliphatic heterocycles. The monoisotopic (exact) mass is 1050 g/mol. The van der Waals surface area contributed by atoms with E-state index in [1.54, 1.807) is 0 Å². The fourth-order valence-electron chi connectivity index (χ4n) is 9.69. The molecule has 73 heavy (non-hydrogen) atoms. The maximum absolute atomic E-state index is 14.5. The molecule has 5 aromatic carbocycles. The molecule has 24 heteroatoms. The molecule has 4 aliphatic carbocycles. The molecule has 4 aliphatic rings. The molecule has 4 saturated carbocycles. The van der Waals surface area contributed by atoms with Crippen molar-refractivity contribution in [1.29, 1.82) is 0 Å². The van der Waals surface area contributed by atoms with Gasteiger partial charge in [0, 0.05) is 12.3 Å². The Bertz CT molecular complexity index is 2680. The number of esters is 1. The number of phenolic OH excluding ortho intramolecular Hbond substituents is 1. The zero-order valence-electron chi connectivity index (χ0n) is 37.3. The SMILES string of the molecule is CC(F)(F)C(=O)OCC12CC3CC(C1)CC(OC(=O)Oc1c(Oc4ccc(C(F)(F)F)cc4)c(Oc4ccc(C(F)(F)F)cc4)c(O)c(Oc4ccc(C(F)(F)F)cc4)c1Oc1ccc(C(F)(F)F)cc1)(C3)C2. The van der Waals surface area contributed by atoms with E-state index in [-0.39, 0.29) is 31.1 Å². The fourth-order valence-corrected chi connectivity index (χ4v) is 9.69. The molecule has 4 fully saturated rings. The van der Waals surface area contributed by atoms with Crippen molar-refractivity contribution >= 4 is 12.1 Å². The largest absolute Gasteiger partial charge is 0.514 e. The highest BCUT2D eigenvalue weighted by molar-refractivity contribution is 5.79. The normalized spacial score (nSPS) is 20.8. The molecule has 4 bridgehead atoms. The van der Waals surface area contributed by atoms with Crippen LogP contribution in [0.25, 0.3) is 0 Å². The van der Waals surface area contributed by atoms with Gasteiger partial charge in [0.15, 0.2) is 0 Å². The predicted molar refractivity (Wildman–Crippen MR) is 223 cm³/mol. The summed E-state index contributed by atoms with van der Waals surface area (Å²) in [6.45, 7) is -0.129. The minimum absolute atomic E-state index is 0.0609. The van der Waals surface area contributed by atoms with Crippen LogP contribution in [-0.4, -0.2) is 35.4 Å². The molecule has 0 aromatic heterocycles. The number of hydrogen-bond acceptors (Lipinski definition) is 10. The maximum Gasteiger partial charge on any atom is 0.514 e. The van der Waals surface area contributed by atoms with E-state index in [9.17, 15) is 76.2 Å². The van der Waals surface area contributed by atoms with Gasteiger partial charge in [-0.2, -0.15) is 61.5 Å². The quantitative estimate of drug-likeness (QED) is 0.0693. The lowest BCUT2D eigenvalue weighted by Gasteiger charge is -2.60. The molecule has 2 atom stereocenters. The van der Waals surface area contributed by atoms with Gasteiger partial charge in [-0.05, 0) is 147 Å². The van der Waals surface area contributed by atoms with Crippen molar-refractivity contribution in [3.05, 3.63) is 119 Å². The third-order valence-corrected chi connectivity index (χ3v) is 12.3. The first-order valence-corrected chi connectivity index (χ1v) is 21.7. The standard InChI is InChI=1S/C49H36F14O10/c1-43(50,51)41(65)67-24-44-19-25-18-26(20-44)22-45(21-25,23-44)73-42(66)72-40-38(70-33-14-6-29(7-15-33)48(58,59)60)36(68-31-10-2-27(3-11-31)46(52,53)54)35(64)37(69-32-12-4-28(5-13-32)47(55,56)57)39(40)71-34-16-8-30(9-17-34)49(61,62)63/h2-17,25-26,64H,18-24H2,1H3. The molecule has 5 aromatic rings. The van der Waals surface area contributed by atoms with E-state index >= 15 is 0 Å². The number of aromatic hydroxyl groups is 1. The second-order valence-corrected chi connectivity index (χ2v) is 18.1. The zero-order valence-corrected chi connectivity index (χ0v) is 37.3. The minimum atomic E-state index is -4.90. The van der Waals surface area contributed by atoms with Gasteiger partial charge in [-0.15, -0.1) is 0 Å². The molecule has 390 valence electrons. The van der Waals surface area contributed by atoms with Gasteiger partial charge in [0.05, 0.1) is 28.9 Å². The number of halogens is 14. The van der Waals surface area contributed by atoms with Gasteiger partial charge in [0.1, 0.15) is 28.6 Å². The second kappa shape index (κ2) is 18.7. The van der Waals surface area contributed by atoms with Gasteiger partial charge in [-0.3, -0.25) is 0 Å². The highest BCUT2D eigenvalue weighted by Crippen LogP contribution is 2.64. The maximum atomic E-state index is 14.5. The molecule has 0 amide bonds. The van der Waals surface area contributed by atoms with E-state index in [2.05, 4.69) is 0 Å². The van der Waals surface area contributed by atoms with Crippen LogP contribution in [0.4, 0.5) is 66.3 Å². The Hall–Kier alpha value is -7.14. The summed E-state index contributed by atoms with van der Waals surface area (Å²) in [7, 11) is 0. The predicted octanol–water partition coefficient (Wildman–Crippen LogP) is 15.7.